The average Bonchev–Trinajstić information content (AvgIpc) is 3.14. The number of likely N-dealkylation sites (tertiary alicyclic amines) is 1. The molecule has 27 heavy (non-hydrogen) atoms. The second kappa shape index (κ2) is 11.8. The predicted molar refractivity (Wildman–Crippen MR) is 121 cm³/mol. The number of hydrogen-bond acceptors (Lipinski definition) is 3. The molecule has 146 valence electrons. The summed E-state index contributed by atoms with van der Waals surface area (Å²) in [5.74, 6) is 2.47. The van der Waals surface area contributed by atoms with Gasteiger partial charge in [-0.25, -0.2) is 4.99 Å². The van der Waals surface area contributed by atoms with Crippen LogP contribution in [0.15, 0.2) is 59.9 Å². The summed E-state index contributed by atoms with van der Waals surface area (Å²) in [6.07, 6.45) is 5.82. The van der Waals surface area contributed by atoms with E-state index in [-0.39, 0.29) is 24.0 Å². The van der Waals surface area contributed by atoms with Gasteiger partial charge < -0.3 is 15.0 Å². The average molecular weight is 480 g/mol. The van der Waals surface area contributed by atoms with Crippen molar-refractivity contribution >= 4 is 29.9 Å². The normalized spacial score (nSPS) is 16.7. The fourth-order valence-electron chi connectivity index (χ4n) is 3.31. The lowest BCUT2D eigenvalue weighted by molar-refractivity contribution is 0.326. The molecule has 1 aromatic carbocycles. The summed E-state index contributed by atoms with van der Waals surface area (Å²) < 4.78 is 5.68. The minimum atomic E-state index is 0. The molecule has 1 fully saturated rings. The van der Waals surface area contributed by atoms with E-state index in [4.69, 9.17) is 9.73 Å². The molecule has 0 aliphatic carbocycles. The number of hydrogen-bond donors (Lipinski definition) is 1. The van der Waals surface area contributed by atoms with Crippen LogP contribution in [0.2, 0.25) is 0 Å². The molecule has 1 unspecified atom stereocenters. The second-order valence-corrected chi connectivity index (χ2v) is 6.56. The molecule has 1 N–H and O–H groups in total. The Morgan fingerprint density at radius 1 is 1.26 bits per heavy atom. The maximum atomic E-state index is 5.68. The predicted octanol–water partition coefficient (Wildman–Crippen LogP) is 3.61. The van der Waals surface area contributed by atoms with Crippen LogP contribution in [0, 0.1) is 5.92 Å². The lowest BCUT2D eigenvalue weighted by Crippen LogP contribution is -2.40. The van der Waals surface area contributed by atoms with Crippen LogP contribution in [0.5, 0.6) is 5.75 Å². The Morgan fingerprint density at radius 3 is 2.85 bits per heavy atom. The Balaban J connectivity index is 0.00000261. The summed E-state index contributed by atoms with van der Waals surface area (Å²) in [7, 11) is 0. The second-order valence-electron chi connectivity index (χ2n) is 6.56. The molecule has 5 nitrogen and oxygen atoms in total. The van der Waals surface area contributed by atoms with Crippen LogP contribution in [0.4, 0.5) is 0 Å². The summed E-state index contributed by atoms with van der Waals surface area (Å²) in [5.41, 5.74) is 1.42. The molecule has 1 aromatic heterocycles. The van der Waals surface area contributed by atoms with Gasteiger partial charge in [0.1, 0.15) is 12.4 Å². The molecule has 2 heterocycles. The molecule has 1 aliphatic heterocycles. The number of benzene rings is 1. The molecule has 1 saturated heterocycles. The molecule has 0 spiro atoms. The molecule has 0 bridgehead atoms. The van der Waals surface area contributed by atoms with E-state index in [1.807, 2.05) is 12.1 Å². The lowest BCUT2D eigenvalue weighted by atomic mass is 9.99. The highest BCUT2D eigenvalue weighted by atomic mass is 127. The minimum absolute atomic E-state index is 0. The van der Waals surface area contributed by atoms with Crippen molar-refractivity contribution in [1.29, 1.82) is 0 Å². The molecule has 6 heteroatoms. The highest BCUT2D eigenvalue weighted by Crippen LogP contribution is 2.20. The van der Waals surface area contributed by atoms with Crippen molar-refractivity contribution in [3.63, 3.8) is 0 Å². The van der Waals surface area contributed by atoms with Crippen molar-refractivity contribution in [2.24, 2.45) is 10.9 Å². The Labute approximate surface area is 179 Å². The molecule has 0 amide bonds. The number of aliphatic imine (C=N–C) groups is 1. The van der Waals surface area contributed by atoms with E-state index < -0.39 is 0 Å². The standard InChI is InChI=1S/C21H28N4O.HI/c1-2-23-21(24-12-14-26-20-9-6-11-22-16-20)25-13-10-19(17-25)15-18-7-4-3-5-8-18;/h3-9,11,16,19H,2,10,12-15,17H2,1H3,(H,23,24);1H. The molecule has 2 aromatic rings. The lowest BCUT2D eigenvalue weighted by Gasteiger charge is -2.21. The van der Waals surface area contributed by atoms with E-state index in [0.717, 1.165) is 37.8 Å². The number of ether oxygens (including phenoxy) is 1. The first kappa shape index (κ1) is 21.5. The van der Waals surface area contributed by atoms with Gasteiger partial charge in [-0.3, -0.25) is 4.98 Å². The third kappa shape index (κ3) is 7.01. The first-order valence-electron chi connectivity index (χ1n) is 9.45. The van der Waals surface area contributed by atoms with Crippen molar-refractivity contribution in [2.75, 3.05) is 32.8 Å². The van der Waals surface area contributed by atoms with Gasteiger partial charge in [-0.15, -0.1) is 24.0 Å². The molecule has 1 atom stereocenters. The fraction of sp³-hybridized carbons (Fsp3) is 0.429. The number of nitrogens with one attached hydrogen (secondary N) is 1. The summed E-state index contributed by atoms with van der Waals surface area (Å²) >= 11 is 0. The molecule has 1 aliphatic rings. The van der Waals surface area contributed by atoms with Crippen molar-refractivity contribution < 1.29 is 4.74 Å². The van der Waals surface area contributed by atoms with E-state index in [9.17, 15) is 0 Å². The zero-order valence-electron chi connectivity index (χ0n) is 15.9. The van der Waals surface area contributed by atoms with E-state index >= 15 is 0 Å². The zero-order valence-corrected chi connectivity index (χ0v) is 18.2. The monoisotopic (exact) mass is 480 g/mol. The van der Waals surface area contributed by atoms with Gasteiger partial charge in [0.25, 0.3) is 0 Å². The molecule has 0 radical (unpaired) electrons. The molecule has 3 rings (SSSR count). The maximum absolute atomic E-state index is 5.68. The number of pyridine rings is 1. The van der Waals surface area contributed by atoms with Gasteiger partial charge in [-0.2, -0.15) is 0 Å². The third-order valence-corrected chi connectivity index (χ3v) is 4.54. The van der Waals surface area contributed by atoms with Gasteiger partial charge in [-0.05, 0) is 43.4 Å². The summed E-state index contributed by atoms with van der Waals surface area (Å²) in [5, 5.41) is 3.42. The van der Waals surface area contributed by atoms with E-state index in [0.29, 0.717) is 19.1 Å². The molecule has 0 saturated carbocycles. The van der Waals surface area contributed by atoms with Crippen LogP contribution >= 0.6 is 24.0 Å². The van der Waals surface area contributed by atoms with Gasteiger partial charge >= 0.3 is 0 Å². The van der Waals surface area contributed by atoms with E-state index in [2.05, 4.69) is 52.5 Å². The van der Waals surface area contributed by atoms with Crippen molar-refractivity contribution in [1.82, 2.24) is 15.2 Å². The van der Waals surface area contributed by atoms with Gasteiger partial charge in [0.15, 0.2) is 5.96 Å². The third-order valence-electron chi connectivity index (χ3n) is 4.54. The van der Waals surface area contributed by atoms with Crippen LogP contribution in [0.1, 0.15) is 18.9 Å². The Kier molecular flexibility index (Phi) is 9.38. The quantitative estimate of drug-likeness (QED) is 0.285. The van der Waals surface area contributed by atoms with Gasteiger partial charge in [-0.1, -0.05) is 30.3 Å². The SMILES string of the molecule is CCNC(=NCCOc1cccnc1)N1CCC(Cc2ccccc2)C1.I. The Bertz CT molecular complexity index is 681. The van der Waals surface area contributed by atoms with Gasteiger partial charge in [0, 0.05) is 25.8 Å². The van der Waals surface area contributed by atoms with E-state index in [1.54, 1.807) is 12.4 Å². The summed E-state index contributed by atoms with van der Waals surface area (Å²) in [6.45, 7) is 6.30. The van der Waals surface area contributed by atoms with Crippen molar-refractivity contribution in [3.05, 3.63) is 60.4 Å². The Hall–Kier alpha value is -1.83. The largest absolute Gasteiger partial charge is 0.490 e. The van der Waals surface area contributed by atoms with Crippen LogP contribution < -0.4 is 10.1 Å². The maximum Gasteiger partial charge on any atom is 0.194 e. The van der Waals surface area contributed by atoms with Crippen molar-refractivity contribution in [3.8, 4) is 5.75 Å². The Morgan fingerprint density at radius 2 is 2.11 bits per heavy atom. The number of rotatable bonds is 7. The van der Waals surface area contributed by atoms with Crippen LogP contribution in [0.25, 0.3) is 0 Å². The smallest absolute Gasteiger partial charge is 0.194 e. The molecular weight excluding hydrogens is 451 g/mol. The first-order valence-corrected chi connectivity index (χ1v) is 9.45. The van der Waals surface area contributed by atoms with Crippen molar-refractivity contribution in [2.45, 2.75) is 19.8 Å². The van der Waals surface area contributed by atoms with Crippen LogP contribution in [0.3, 0.4) is 0 Å². The summed E-state index contributed by atoms with van der Waals surface area (Å²) in [6, 6.07) is 14.5. The fourth-order valence-corrected chi connectivity index (χ4v) is 3.31. The topological polar surface area (TPSA) is 49.8 Å². The highest BCUT2D eigenvalue weighted by Gasteiger charge is 2.24. The van der Waals surface area contributed by atoms with Crippen LogP contribution in [-0.4, -0.2) is 48.6 Å². The number of nitrogens with zero attached hydrogens (tertiary/aromatic N) is 3. The molecular formula is C21H29IN4O. The number of aromatic nitrogens is 1. The zero-order chi connectivity index (χ0) is 18.0. The first-order chi connectivity index (χ1) is 12.8. The number of halogens is 1. The van der Waals surface area contributed by atoms with Gasteiger partial charge in [0.05, 0.1) is 12.7 Å². The highest BCUT2D eigenvalue weighted by molar-refractivity contribution is 14.0. The summed E-state index contributed by atoms with van der Waals surface area (Å²) in [4.78, 5) is 11.2. The minimum Gasteiger partial charge on any atom is -0.490 e. The van der Waals surface area contributed by atoms with E-state index in [1.165, 1.54) is 12.0 Å². The van der Waals surface area contributed by atoms with Crippen LogP contribution in [-0.2, 0) is 6.42 Å². The van der Waals surface area contributed by atoms with Gasteiger partial charge in [0.2, 0.25) is 0 Å². The number of guanidine groups is 1.